The zero-order valence-electron chi connectivity index (χ0n) is 40.4. The Morgan fingerprint density at radius 3 is 2.45 bits per heavy atom. The van der Waals surface area contributed by atoms with Gasteiger partial charge in [0.05, 0.1) is 24.2 Å². The van der Waals surface area contributed by atoms with E-state index in [2.05, 4.69) is 36.0 Å². The predicted octanol–water partition coefficient (Wildman–Crippen LogP) is 6.60. The highest BCUT2D eigenvalue weighted by Crippen LogP contribution is 2.48. The first-order chi connectivity index (χ1) is 34.4. The van der Waals surface area contributed by atoms with E-state index in [0.29, 0.717) is 77.1 Å². The van der Waals surface area contributed by atoms with Gasteiger partial charge < -0.3 is 34.2 Å². The number of likely N-dealkylation sites (tertiary alicyclic amines) is 1. The third-order valence-corrected chi connectivity index (χ3v) is 16.7. The van der Waals surface area contributed by atoms with Gasteiger partial charge in [0.2, 0.25) is 11.8 Å². The van der Waals surface area contributed by atoms with Crippen molar-refractivity contribution in [2.75, 3.05) is 88.5 Å². The molecular weight excluding hydrogens is 909 g/mol. The highest BCUT2D eigenvalue weighted by molar-refractivity contribution is 6.06. The quantitative estimate of drug-likeness (QED) is 0.129. The molecule has 0 radical (unpaired) electrons. The number of piperazine rings is 1. The van der Waals surface area contributed by atoms with Crippen LogP contribution in [0.5, 0.6) is 11.8 Å². The molecule has 6 fully saturated rings. The van der Waals surface area contributed by atoms with Gasteiger partial charge in [-0.2, -0.15) is 9.97 Å². The number of piperidine rings is 3. The molecule has 0 bridgehead atoms. The van der Waals surface area contributed by atoms with Crippen molar-refractivity contribution in [1.82, 2.24) is 35.0 Å². The molecule has 1 aliphatic carbocycles. The average Bonchev–Trinajstić information content (AvgIpc) is 4.06. The number of hydrogen-bond acceptors (Lipinski definition) is 13. The topological polar surface area (TPSA) is 157 Å². The van der Waals surface area contributed by atoms with E-state index in [0.717, 1.165) is 122 Å². The number of carbonyl (C=O) groups is 3. The van der Waals surface area contributed by atoms with Gasteiger partial charge >= 0.3 is 6.01 Å². The second kappa shape index (κ2) is 18.2. The van der Waals surface area contributed by atoms with Crippen molar-refractivity contribution < 1.29 is 37.7 Å². The monoisotopic (exact) mass is 969 g/mol. The number of phenolic OH excluding ortho intramolecular Hbond substituents is 1. The fourth-order valence-electron chi connectivity index (χ4n) is 12.4. The normalized spacial score (nSPS) is 24.0. The number of rotatable bonds is 12. The third kappa shape index (κ3) is 8.70. The SMILES string of the molecule is CCc1c(F)ccc2cc(O)cc(-c3ncc4c(N5CCC[C@]6(CCO6)C5)nc(OCC5(CN6CCC(CN7CCN(c8ccc9c(c8)CN(C8CCC(=O)NC8=O)C9=O)CC7)CC6)CC5)nc4c3F)c12. The van der Waals surface area contributed by atoms with Crippen LogP contribution in [0.3, 0.4) is 0 Å². The molecular formula is C54H61F2N9O6. The number of phenols is 1. The van der Waals surface area contributed by atoms with E-state index in [4.69, 9.17) is 19.4 Å². The number of ether oxygens (including phenoxy) is 2. The summed E-state index contributed by atoms with van der Waals surface area (Å²) in [6, 6.07) is 11.5. The summed E-state index contributed by atoms with van der Waals surface area (Å²) in [6.45, 7) is 12.5. The molecule has 17 heteroatoms. The number of benzene rings is 3. The fraction of sp³-hybridized carbons (Fsp3) is 0.519. The zero-order chi connectivity index (χ0) is 48.6. The van der Waals surface area contributed by atoms with Crippen LogP contribution < -0.4 is 19.9 Å². The van der Waals surface area contributed by atoms with E-state index < -0.39 is 23.6 Å². The fourth-order valence-corrected chi connectivity index (χ4v) is 12.4. The Bertz CT molecular complexity index is 2950. The molecule has 12 rings (SSSR count). The van der Waals surface area contributed by atoms with Gasteiger partial charge in [0.1, 0.15) is 34.6 Å². The maximum absolute atomic E-state index is 17.2. The summed E-state index contributed by atoms with van der Waals surface area (Å²) in [4.78, 5) is 63.2. The largest absolute Gasteiger partial charge is 0.508 e. The number of hydrogen-bond donors (Lipinski definition) is 2. The standard InChI is InChI=1S/C54H61F2N9O6/c1-2-38-42(55)7-4-34-25-37(66)26-40(45(34)38)47-46(56)48-41(27-57-47)49(64-16-3-12-54(31-64)15-23-71-54)60-52(59-48)70-32-53(13-14-53)30-62-17-10-33(11-18-62)28-61-19-21-63(22-20-61)36-5-6-39-35(24-36)29-65(51(39)69)43-8-9-44(67)58-50(43)68/h4-7,24-27,33,43,66H,2-3,8-23,28-32H2,1H3,(H,58,67,68)/t43?,54-/m0/s1. The number of nitrogens with zero attached hydrogens (tertiary/aromatic N) is 8. The van der Waals surface area contributed by atoms with E-state index in [1.807, 2.05) is 19.1 Å². The summed E-state index contributed by atoms with van der Waals surface area (Å²) >= 11 is 0. The van der Waals surface area contributed by atoms with Crippen LogP contribution in [0.25, 0.3) is 32.9 Å². The number of carbonyl (C=O) groups excluding carboxylic acids is 3. The molecule has 3 aromatic carbocycles. The zero-order valence-corrected chi connectivity index (χ0v) is 40.4. The molecule has 2 atom stereocenters. The lowest BCUT2D eigenvalue weighted by Crippen LogP contribution is -2.56. The molecule has 1 saturated carbocycles. The number of imide groups is 1. The maximum Gasteiger partial charge on any atom is 0.319 e. The summed E-state index contributed by atoms with van der Waals surface area (Å²) in [5, 5.41) is 14.7. The van der Waals surface area contributed by atoms with Gasteiger partial charge in [0.15, 0.2) is 5.82 Å². The van der Waals surface area contributed by atoms with Crippen molar-refractivity contribution in [2.24, 2.45) is 11.3 Å². The molecule has 6 aliphatic heterocycles. The Hall–Kier alpha value is -6.04. The summed E-state index contributed by atoms with van der Waals surface area (Å²) in [5.74, 6) is -0.777. The first-order valence-electron chi connectivity index (χ1n) is 25.7. The van der Waals surface area contributed by atoms with Gasteiger partial charge in [-0.1, -0.05) is 13.0 Å². The molecule has 2 aromatic heterocycles. The molecule has 71 heavy (non-hydrogen) atoms. The van der Waals surface area contributed by atoms with E-state index in [1.165, 1.54) is 12.1 Å². The smallest absolute Gasteiger partial charge is 0.319 e. The van der Waals surface area contributed by atoms with E-state index >= 15 is 8.78 Å². The van der Waals surface area contributed by atoms with Crippen LogP contribution in [0.15, 0.2) is 48.7 Å². The highest BCUT2D eigenvalue weighted by atomic mass is 19.1. The van der Waals surface area contributed by atoms with Crippen molar-refractivity contribution in [1.29, 1.82) is 0 Å². The van der Waals surface area contributed by atoms with Gasteiger partial charge in [-0.15, -0.1) is 0 Å². The molecule has 3 amide bonds. The van der Waals surface area contributed by atoms with Crippen LogP contribution in [0.4, 0.5) is 20.3 Å². The van der Waals surface area contributed by atoms with Gasteiger partial charge in [-0.3, -0.25) is 29.6 Å². The van der Waals surface area contributed by atoms with Crippen LogP contribution >= 0.6 is 0 Å². The number of anilines is 2. The summed E-state index contributed by atoms with van der Waals surface area (Å²) in [5.41, 5.74) is 3.17. The van der Waals surface area contributed by atoms with E-state index in [1.54, 1.807) is 23.2 Å². The Labute approximate surface area is 411 Å². The molecule has 1 spiro atoms. The molecule has 5 saturated heterocycles. The van der Waals surface area contributed by atoms with Gasteiger partial charge in [0.25, 0.3) is 5.91 Å². The number of fused-ring (bicyclic) bond motifs is 3. The molecule has 1 unspecified atom stereocenters. The predicted molar refractivity (Wildman–Crippen MR) is 263 cm³/mol. The molecule has 8 heterocycles. The third-order valence-electron chi connectivity index (χ3n) is 16.7. The first-order valence-corrected chi connectivity index (χ1v) is 25.7. The van der Waals surface area contributed by atoms with Crippen LogP contribution in [0.2, 0.25) is 0 Å². The lowest BCUT2D eigenvalue weighted by molar-refractivity contribution is -0.151. The number of nitrogens with one attached hydrogen (secondary N) is 1. The van der Waals surface area contributed by atoms with Gasteiger partial charge in [-0.05, 0) is 129 Å². The number of aromatic hydroxyl groups is 1. The average molecular weight is 970 g/mol. The van der Waals surface area contributed by atoms with Crippen molar-refractivity contribution in [3.63, 3.8) is 0 Å². The molecule has 2 N–H and O–H groups in total. The van der Waals surface area contributed by atoms with Crippen molar-refractivity contribution in [3.8, 4) is 23.0 Å². The van der Waals surface area contributed by atoms with E-state index in [9.17, 15) is 19.5 Å². The van der Waals surface area contributed by atoms with Crippen molar-refractivity contribution in [3.05, 3.63) is 77.0 Å². The lowest BCUT2D eigenvalue weighted by Gasteiger charge is -2.48. The second-order valence-electron chi connectivity index (χ2n) is 21.3. The van der Waals surface area contributed by atoms with Crippen molar-refractivity contribution >= 4 is 50.9 Å². The molecule has 15 nitrogen and oxygen atoms in total. The van der Waals surface area contributed by atoms with Gasteiger partial charge in [0, 0.05) is 100 Å². The molecule has 7 aliphatic rings. The van der Waals surface area contributed by atoms with Crippen LogP contribution in [0, 0.1) is 23.0 Å². The number of amides is 3. The van der Waals surface area contributed by atoms with E-state index in [-0.39, 0.29) is 52.2 Å². The minimum Gasteiger partial charge on any atom is -0.508 e. The molecule has 5 aromatic rings. The summed E-state index contributed by atoms with van der Waals surface area (Å²) in [7, 11) is 0. The Morgan fingerprint density at radius 1 is 0.887 bits per heavy atom. The van der Waals surface area contributed by atoms with Gasteiger partial charge in [-0.25, -0.2) is 8.78 Å². The number of aryl methyl sites for hydroxylation is 1. The summed E-state index contributed by atoms with van der Waals surface area (Å²) < 4.78 is 45.1. The minimum atomic E-state index is -0.675. The Morgan fingerprint density at radius 2 is 1.70 bits per heavy atom. The Kier molecular flexibility index (Phi) is 11.8. The lowest BCUT2D eigenvalue weighted by atomic mass is 9.86. The minimum absolute atomic E-state index is 0.0199. The Balaban J connectivity index is 0.687. The van der Waals surface area contributed by atoms with Crippen LogP contribution in [-0.2, 0) is 27.3 Å². The molecule has 372 valence electrons. The number of aromatic nitrogens is 3. The van der Waals surface area contributed by atoms with Crippen molar-refractivity contribution in [2.45, 2.75) is 89.3 Å². The number of pyridine rings is 1. The van der Waals surface area contributed by atoms with Crippen LogP contribution in [0.1, 0.15) is 86.2 Å². The second-order valence-corrected chi connectivity index (χ2v) is 21.3. The number of halogens is 2. The highest BCUT2D eigenvalue weighted by Gasteiger charge is 2.46. The maximum atomic E-state index is 17.2. The first kappa shape index (κ1) is 46.1. The van der Waals surface area contributed by atoms with Crippen LogP contribution in [-0.4, -0.2) is 143 Å². The summed E-state index contributed by atoms with van der Waals surface area (Å²) in [6.07, 6.45) is 9.74.